The Morgan fingerprint density at radius 2 is 1.86 bits per heavy atom. The summed E-state index contributed by atoms with van der Waals surface area (Å²) in [6, 6.07) is 0. The van der Waals surface area contributed by atoms with Gasteiger partial charge < -0.3 is 4.74 Å². The first-order chi connectivity index (χ1) is 6.20. The van der Waals surface area contributed by atoms with Crippen molar-refractivity contribution in [3.05, 3.63) is 11.6 Å². The molecule has 0 aliphatic rings. The van der Waals surface area contributed by atoms with E-state index in [9.17, 15) is 4.79 Å². The van der Waals surface area contributed by atoms with Crippen LogP contribution in [0, 0.1) is 5.92 Å². The lowest BCUT2D eigenvalue weighted by Gasteiger charge is -2.18. The van der Waals surface area contributed by atoms with E-state index in [0.29, 0.717) is 5.92 Å². The monoisotopic (exact) mass is 198 g/mol. The predicted molar refractivity (Wildman–Crippen MR) is 59.1 cm³/mol. The van der Waals surface area contributed by atoms with Gasteiger partial charge in [-0.3, -0.25) is 0 Å². The molecule has 14 heavy (non-hydrogen) atoms. The Hall–Kier alpha value is -0.790. The maximum atomic E-state index is 11.4. The zero-order valence-electron chi connectivity index (χ0n) is 10.2. The summed E-state index contributed by atoms with van der Waals surface area (Å²) >= 11 is 0. The van der Waals surface area contributed by atoms with Crippen molar-refractivity contribution >= 4 is 5.97 Å². The number of hydrogen-bond donors (Lipinski definition) is 0. The molecule has 0 spiro atoms. The van der Waals surface area contributed by atoms with E-state index in [0.717, 1.165) is 12.0 Å². The van der Waals surface area contributed by atoms with E-state index in [4.69, 9.17) is 4.74 Å². The second-order valence-electron chi connectivity index (χ2n) is 5.12. The molecular weight excluding hydrogens is 176 g/mol. The molecule has 2 nitrogen and oxygen atoms in total. The molecule has 0 heterocycles. The third-order valence-electron chi connectivity index (χ3n) is 1.50. The standard InChI is InChI=1S/C12H22O2/c1-9(2)7-10(3)8-11(13)14-12(4,5)6/h8-9H,7H2,1-6H3. The maximum absolute atomic E-state index is 11.4. The number of carbonyl (C=O) groups is 1. The normalized spacial score (nSPS) is 13.2. The van der Waals surface area contributed by atoms with E-state index in [2.05, 4.69) is 13.8 Å². The molecule has 0 atom stereocenters. The van der Waals surface area contributed by atoms with Crippen molar-refractivity contribution in [3.8, 4) is 0 Å². The average molecular weight is 198 g/mol. The highest BCUT2D eigenvalue weighted by Crippen LogP contribution is 2.12. The largest absolute Gasteiger partial charge is 0.457 e. The Labute approximate surface area is 87.3 Å². The van der Waals surface area contributed by atoms with Gasteiger partial charge in [0.1, 0.15) is 5.60 Å². The maximum Gasteiger partial charge on any atom is 0.331 e. The van der Waals surface area contributed by atoms with Crippen LogP contribution in [-0.4, -0.2) is 11.6 Å². The number of esters is 1. The lowest BCUT2D eigenvalue weighted by molar-refractivity contribution is -0.148. The lowest BCUT2D eigenvalue weighted by Crippen LogP contribution is -2.22. The number of carbonyl (C=O) groups excluding carboxylic acids is 1. The molecule has 0 N–H and O–H groups in total. The summed E-state index contributed by atoms with van der Waals surface area (Å²) in [5, 5.41) is 0. The molecule has 0 amide bonds. The lowest BCUT2D eigenvalue weighted by atomic mass is 10.0. The van der Waals surface area contributed by atoms with Gasteiger partial charge in [0, 0.05) is 6.08 Å². The minimum atomic E-state index is -0.397. The van der Waals surface area contributed by atoms with E-state index in [-0.39, 0.29) is 5.97 Å². The Bertz CT molecular complexity index is 219. The third kappa shape index (κ3) is 7.84. The first-order valence-electron chi connectivity index (χ1n) is 5.11. The first kappa shape index (κ1) is 13.2. The van der Waals surface area contributed by atoms with E-state index in [1.807, 2.05) is 27.7 Å². The molecule has 0 saturated heterocycles. The summed E-state index contributed by atoms with van der Waals surface area (Å²) in [7, 11) is 0. The van der Waals surface area contributed by atoms with Crippen LogP contribution in [-0.2, 0) is 9.53 Å². The average Bonchev–Trinajstić information content (AvgIpc) is 1.77. The second kappa shape index (κ2) is 5.18. The molecular formula is C12H22O2. The van der Waals surface area contributed by atoms with E-state index >= 15 is 0 Å². The molecule has 0 fully saturated rings. The smallest absolute Gasteiger partial charge is 0.331 e. The van der Waals surface area contributed by atoms with Crippen molar-refractivity contribution in [2.45, 2.75) is 53.6 Å². The van der Waals surface area contributed by atoms with Gasteiger partial charge in [-0.25, -0.2) is 4.79 Å². The van der Waals surface area contributed by atoms with Gasteiger partial charge in [0.05, 0.1) is 0 Å². The number of allylic oxidation sites excluding steroid dienone is 1. The van der Waals surface area contributed by atoms with Crippen molar-refractivity contribution < 1.29 is 9.53 Å². The molecule has 0 radical (unpaired) electrons. The molecule has 0 saturated carbocycles. The van der Waals surface area contributed by atoms with Crippen LogP contribution in [0.5, 0.6) is 0 Å². The van der Waals surface area contributed by atoms with E-state index in [1.165, 1.54) is 0 Å². The van der Waals surface area contributed by atoms with Crippen molar-refractivity contribution in [2.75, 3.05) is 0 Å². The Balaban J connectivity index is 4.16. The molecule has 0 aromatic carbocycles. The Morgan fingerprint density at radius 3 is 2.21 bits per heavy atom. The molecule has 2 heteroatoms. The highest BCUT2D eigenvalue weighted by Gasteiger charge is 2.14. The highest BCUT2D eigenvalue weighted by atomic mass is 16.6. The molecule has 0 aromatic rings. The van der Waals surface area contributed by atoms with Gasteiger partial charge in [0.2, 0.25) is 0 Å². The van der Waals surface area contributed by atoms with Gasteiger partial charge in [-0.1, -0.05) is 19.4 Å². The fourth-order valence-corrected chi connectivity index (χ4v) is 1.24. The van der Waals surface area contributed by atoms with Crippen LogP contribution in [0.1, 0.15) is 48.0 Å². The molecule has 0 rings (SSSR count). The molecule has 0 bridgehead atoms. The predicted octanol–water partition coefficient (Wildman–Crippen LogP) is 3.32. The topological polar surface area (TPSA) is 26.3 Å². The van der Waals surface area contributed by atoms with E-state index < -0.39 is 5.60 Å². The number of ether oxygens (including phenoxy) is 1. The number of hydrogen-bond acceptors (Lipinski definition) is 2. The third-order valence-corrected chi connectivity index (χ3v) is 1.50. The van der Waals surface area contributed by atoms with Crippen LogP contribution in [0.3, 0.4) is 0 Å². The summed E-state index contributed by atoms with van der Waals surface area (Å²) in [6.45, 7) is 11.8. The van der Waals surface area contributed by atoms with Crippen LogP contribution in [0.15, 0.2) is 11.6 Å². The SMILES string of the molecule is CC(=CC(=O)OC(C)(C)C)CC(C)C. The number of rotatable bonds is 3. The molecule has 0 unspecified atom stereocenters. The minimum Gasteiger partial charge on any atom is -0.457 e. The van der Waals surface area contributed by atoms with Crippen LogP contribution < -0.4 is 0 Å². The molecule has 0 aromatic heterocycles. The van der Waals surface area contributed by atoms with Crippen molar-refractivity contribution in [1.29, 1.82) is 0 Å². The highest BCUT2D eigenvalue weighted by molar-refractivity contribution is 5.83. The summed E-state index contributed by atoms with van der Waals surface area (Å²) in [5.41, 5.74) is 0.681. The van der Waals surface area contributed by atoms with Gasteiger partial charge >= 0.3 is 5.97 Å². The molecule has 82 valence electrons. The fourth-order valence-electron chi connectivity index (χ4n) is 1.24. The fraction of sp³-hybridized carbons (Fsp3) is 0.750. The van der Waals surface area contributed by atoms with Crippen molar-refractivity contribution in [2.24, 2.45) is 5.92 Å². The minimum absolute atomic E-state index is 0.240. The van der Waals surface area contributed by atoms with Crippen LogP contribution in [0.25, 0.3) is 0 Å². The van der Waals surface area contributed by atoms with Gasteiger partial charge in [0.25, 0.3) is 0 Å². The van der Waals surface area contributed by atoms with Gasteiger partial charge in [0.15, 0.2) is 0 Å². The van der Waals surface area contributed by atoms with Crippen LogP contribution in [0.2, 0.25) is 0 Å². The quantitative estimate of drug-likeness (QED) is 0.513. The van der Waals surface area contributed by atoms with Crippen LogP contribution >= 0.6 is 0 Å². The zero-order valence-corrected chi connectivity index (χ0v) is 10.2. The van der Waals surface area contributed by atoms with Crippen molar-refractivity contribution in [1.82, 2.24) is 0 Å². The molecule has 0 aliphatic heterocycles. The Morgan fingerprint density at radius 1 is 1.36 bits per heavy atom. The second-order valence-corrected chi connectivity index (χ2v) is 5.12. The summed E-state index contributed by atoms with van der Waals surface area (Å²) < 4.78 is 5.17. The van der Waals surface area contributed by atoms with Crippen molar-refractivity contribution in [3.63, 3.8) is 0 Å². The van der Waals surface area contributed by atoms with Gasteiger partial charge in [-0.15, -0.1) is 0 Å². The zero-order chi connectivity index (χ0) is 11.4. The van der Waals surface area contributed by atoms with Crippen LogP contribution in [0.4, 0.5) is 0 Å². The summed E-state index contributed by atoms with van der Waals surface area (Å²) in [4.78, 5) is 11.4. The van der Waals surface area contributed by atoms with Gasteiger partial charge in [-0.05, 0) is 40.0 Å². The van der Waals surface area contributed by atoms with Gasteiger partial charge in [-0.2, -0.15) is 0 Å². The molecule has 0 aliphatic carbocycles. The van der Waals surface area contributed by atoms with E-state index in [1.54, 1.807) is 6.08 Å². The summed E-state index contributed by atoms with van der Waals surface area (Å²) in [6.07, 6.45) is 2.53. The first-order valence-corrected chi connectivity index (χ1v) is 5.11. The Kier molecular flexibility index (Phi) is 4.89. The summed E-state index contributed by atoms with van der Waals surface area (Å²) in [5.74, 6) is 0.337.